The van der Waals surface area contributed by atoms with Gasteiger partial charge in [0.25, 0.3) is 5.91 Å². The third-order valence-electron chi connectivity index (χ3n) is 3.51. The zero-order valence-corrected chi connectivity index (χ0v) is 15.9. The van der Waals surface area contributed by atoms with Crippen molar-refractivity contribution in [1.82, 2.24) is 5.32 Å². The van der Waals surface area contributed by atoms with Gasteiger partial charge in [0.05, 0.1) is 17.6 Å². The summed E-state index contributed by atoms with van der Waals surface area (Å²) >= 11 is 9.24. The molecular formula is C18H19BrClNO3. The van der Waals surface area contributed by atoms with Crippen LogP contribution in [0.1, 0.15) is 24.9 Å². The number of carbonyl (C=O) groups excluding carboxylic acids is 1. The summed E-state index contributed by atoms with van der Waals surface area (Å²) < 4.78 is 11.4. The molecule has 0 aliphatic carbocycles. The lowest BCUT2D eigenvalue weighted by molar-refractivity contribution is -0.123. The standard InChI is InChI=1S/C18H19BrClNO3/c1-3-16(12-4-7-14(23-2)8-5-12)21-18(22)11-24-17-9-6-13(20)10-15(17)19/h4-10,16H,3,11H2,1-2H3,(H,21,22)/t16-/m1/s1. The van der Waals surface area contributed by atoms with Crippen molar-refractivity contribution in [3.05, 3.63) is 57.5 Å². The Kier molecular flexibility index (Phi) is 6.94. The Bertz CT molecular complexity index is 691. The first-order valence-corrected chi connectivity index (χ1v) is 8.71. The smallest absolute Gasteiger partial charge is 0.258 e. The Morgan fingerprint density at radius 2 is 1.96 bits per heavy atom. The average molecular weight is 413 g/mol. The number of ether oxygens (including phenoxy) is 2. The maximum Gasteiger partial charge on any atom is 0.258 e. The quantitative estimate of drug-likeness (QED) is 0.713. The molecule has 6 heteroatoms. The fraction of sp³-hybridized carbons (Fsp3) is 0.278. The molecule has 0 unspecified atom stereocenters. The van der Waals surface area contributed by atoms with Crippen LogP contribution in [0.5, 0.6) is 11.5 Å². The van der Waals surface area contributed by atoms with E-state index in [1.807, 2.05) is 31.2 Å². The molecule has 0 aliphatic rings. The van der Waals surface area contributed by atoms with Crippen molar-refractivity contribution in [3.63, 3.8) is 0 Å². The van der Waals surface area contributed by atoms with E-state index in [2.05, 4.69) is 21.2 Å². The Morgan fingerprint density at radius 1 is 1.25 bits per heavy atom. The largest absolute Gasteiger partial charge is 0.497 e. The minimum absolute atomic E-state index is 0.0626. The zero-order chi connectivity index (χ0) is 17.5. The molecule has 0 aliphatic heterocycles. The average Bonchev–Trinajstić information content (AvgIpc) is 2.59. The minimum Gasteiger partial charge on any atom is -0.497 e. The van der Waals surface area contributed by atoms with Gasteiger partial charge in [-0.1, -0.05) is 30.7 Å². The zero-order valence-electron chi connectivity index (χ0n) is 13.5. The summed E-state index contributed by atoms with van der Waals surface area (Å²) in [5.41, 5.74) is 1.03. The Balaban J connectivity index is 1.93. The minimum atomic E-state index is -0.181. The fourth-order valence-electron chi connectivity index (χ4n) is 2.23. The van der Waals surface area contributed by atoms with Crippen molar-refractivity contribution in [2.45, 2.75) is 19.4 Å². The van der Waals surface area contributed by atoms with Crippen LogP contribution in [-0.2, 0) is 4.79 Å². The lowest BCUT2D eigenvalue weighted by atomic mass is 10.0. The van der Waals surface area contributed by atoms with Gasteiger partial charge in [0.15, 0.2) is 6.61 Å². The summed E-state index contributed by atoms with van der Waals surface area (Å²) in [6.07, 6.45) is 0.780. The lowest BCUT2D eigenvalue weighted by Crippen LogP contribution is -2.32. The van der Waals surface area contributed by atoms with Gasteiger partial charge in [-0.3, -0.25) is 4.79 Å². The molecule has 0 heterocycles. The van der Waals surface area contributed by atoms with E-state index in [-0.39, 0.29) is 18.6 Å². The number of hydrogen-bond donors (Lipinski definition) is 1. The normalized spacial score (nSPS) is 11.7. The van der Waals surface area contributed by atoms with Crippen molar-refractivity contribution in [3.8, 4) is 11.5 Å². The van der Waals surface area contributed by atoms with E-state index >= 15 is 0 Å². The van der Waals surface area contributed by atoms with Gasteiger partial charge in [-0.2, -0.15) is 0 Å². The van der Waals surface area contributed by atoms with Gasteiger partial charge in [0, 0.05) is 5.02 Å². The van der Waals surface area contributed by atoms with E-state index in [4.69, 9.17) is 21.1 Å². The highest BCUT2D eigenvalue weighted by Gasteiger charge is 2.14. The monoisotopic (exact) mass is 411 g/mol. The highest BCUT2D eigenvalue weighted by atomic mass is 79.9. The third-order valence-corrected chi connectivity index (χ3v) is 4.37. The van der Waals surface area contributed by atoms with Gasteiger partial charge in [-0.25, -0.2) is 0 Å². The topological polar surface area (TPSA) is 47.6 Å². The van der Waals surface area contributed by atoms with E-state index in [9.17, 15) is 4.79 Å². The summed E-state index contributed by atoms with van der Waals surface area (Å²) in [6.45, 7) is 1.96. The van der Waals surface area contributed by atoms with Crippen LogP contribution in [0.3, 0.4) is 0 Å². The van der Waals surface area contributed by atoms with Crippen molar-refractivity contribution < 1.29 is 14.3 Å². The van der Waals surface area contributed by atoms with Crippen LogP contribution >= 0.6 is 27.5 Å². The van der Waals surface area contributed by atoms with Crippen LogP contribution in [0.4, 0.5) is 0 Å². The summed E-state index contributed by atoms with van der Waals surface area (Å²) in [5, 5.41) is 3.58. The second-order valence-corrected chi connectivity index (χ2v) is 6.46. The maximum atomic E-state index is 12.2. The van der Waals surface area contributed by atoms with Crippen molar-refractivity contribution in [2.75, 3.05) is 13.7 Å². The van der Waals surface area contributed by atoms with Crippen molar-refractivity contribution in [2.24, 2.45) is 0 Å². The van der Waals surface area contributed by atoms with E-state index in [0.717, 1.165) is 17.7 Å². The van der Waals surface area contributed by atoms with Gasteiger partial charge in [-0.05, 0) is 58.2 Å². The molecular weight excluding hydrogens is 394 g/mol. The van der Waals surface area contributed by atoms with Crippen molar-refractivity contribution in [1.29, 1.82) is 0 Å². The number of hydrogen-bond acceptors (Lipinski definition) is 3. The first-order valence-electron chi connectivity index (χ1n) is 7.54. The molecule has 128 valence electrons. The highest BCUT2D eigenvalue weighted by molar-refractivity contribution is 9.10. The van der Waals surface area contributed by atoms with Gasteiger partial charge in [-0.15, -0.1) is 0 Å². The third kappa shape index (κ3) is 5.14. The first-order chi connectivity index (χ1) is 11.5. The summed E-state index contributed by atoms with van der Waals surface area (Å²) in [6, 6.07) is 12.7. The molecule has 24 heavy (non-hydrogen) atoms. The summed E-state index contributed by atoms with van der Waals surface area (Å²) in [4.78, 5) is 12.2. The molecule has 0 fully saturated rings. The highest BCUT2D eigenvalue weighted by Crippen LogP contribution is 2.28. The van der Waals surface area contributed by atoms with E-state index in [1.54, 1.807) is 25.3 Å². The number of nitrogens with one attached hydrogen (secondary N) is 1. The number of rotatable bonds is 7. The van der Waals surface area contributed by atoms with Crippen LogP contribution in [0.25, 0.3) is 0 Å². The SMILES string of the molecule is CC[C@@H](NC(=O)COc1ccc(Cl)cc1Br)c1ccc(OC)cc1. The Labute approximate surface area is 155 Å². The number of methoxy groups -OCH3 is 1. The van der Waals surface area contributed by atoms with Gasteiger partial charge in [0.1, 0.15) is 11.5 Å². The number of benzene rings is 2. The fourth-order valence-corrected chi connectivity index (χ4v) is 3.03. The second kappa shape index (κ2) is 8.94. The molecule has 2 aromatic rings. The molecule has 0 spiro atoms. The summed E-state index contributed by atoms with van der Waals surface area (Å²) in [7, 11) is 1.63. The van der Waals surface area contributed by atoms with E-state index in [1.165, 1.54) is 0 Å². The second-order valence-electron chi connectivity index (χ2n) is 5.16. The molecule has 0 radical (unpaired) electrons. The molecule has 1 amide bonds. The molecule has 0 bridgehead atoms. The molecule has 4 nitrogen and oxygen atoms in total. The number of halogens is 2. The molecule has 2 rings (SSSR count). The van der Waals surface area contributed by atoms with Crippen LogP contribution in [0, 0.1) is 0 Å². The van der Waals surface area contributed by atoms with Crippen LogP contribution in [0.15, 0.2) is 46.9 Å². The maximum absolute atomic E-state index is 12.2. The predicted molar refractivity (Wildman–Crippen MR) is 98.8 cm³/mol. The van der Waals surface area contributed by atoms with Crippen molar-refractivity contribution >= 4 is 33.4 Å². The molecule has 0 saturated heterocycles. The van der Waals surface area contributed by atoms with Crippen LogP contribution in [-0.4, -0.2) is 19.6 Å². The lowest BCUT2D eigenvalue weighted by Gasteiger charge is -2.18. The van der Waals surface area contributed by atoms with Gasteiger partial charge in [0.2, 0.25) is 0 Å². The van der Waals surface area contributed by atoms with E-state index in [0.29, 0.717) is 15.2 Å². The molecule has 1 N–H and O–H groups in total. The molecule has 2 aromatic carbocycles. The molecule has 0 saturated carbocycles. The number of carbonyl (C=O) groups is 1. The Morgan fingerprint density at radius 3 is 2.54 bits per heavy atom. The summed E-state index contributed by atoms with van der Waals surface area (Å²) in [5.74, 6) is 1.18. The molecule has 1 atom stereocenters. The predicted octanol–water partition coefficient (Wildman–Crippen LogP) is 4.76. The van der Waals surface area contributed by atoms with Gasteiger partial charge < -0.3 is 14.8 Å². The Hall–Kier alpha value is -1.72. The van der Waals surface area contributed by atoms with Crippen LogP contribution in [0.2, 0.25) is 5.02 Å². The number of amides is 1. The molecule has 0 aromatic heterocycles. The van der Waals surface area contributed by atoms with Crippen LogP contribution < -0.4 is 14.8 Å². The van der Waals surface area contributed by atoms with Gasteiger partial charge >= 0.3 is 0 Å². The van der Waals surface area contributed by atoms with E-state index < -0.39 is 0 Å². The first kappa shape index (κ1) is 18.6.